The van der Waals surface area contributed by atoms with Crippen LogP contribution in [0.5, 0.6) is 0 Å². The molecule has 0 aliphatic carbocycles. The maximum atomic E-state index is 3.77. The van der Waals surface area contributed by atoms with Gasteiger partial charge in [0.05, 0.1) is 6.04 Å². The molecular formula is C21H21N. The van der Waals surface area contributed by atoms with Crippen molar-refractivity contribution in [3.63, 3.8) is 0 Å². The van der Waals surface area contributed by atoms with Crippen molar-refractivity contribution in [1.29, 1.82) is 0 Å². The average molecular weight is 287 g/mol. The first kappa shape index (κ1) is 14.6. The van der Waals surface area contributed by atoms with Gasteiger partial charge in [-0.1, -0.05) is 91.0 Å². The molecule has 0 aliphatic rings. The van der Waals surface area contributed by atoms with Gasteiger partial charge < -0.3 is 0 Å². The summed E-state index contributed by atoms with van der Waals surface area (Å²) in [4.78, 5) is 0. The van der Waals surface area contributed by atoms with Gasteiger partial charge in [-0.3, -0.25) is 5.32 Å². The molecular weight excluding hydrogens is 266 g/mol. The summed E-state index contributed by atoms with van der Waals surface area (Å²) in [5.41, 5.74) is 3.88. The fourth-order valence-electron chi connectivity index (χ4n) is 2.76. The molecule has 3 aromatic rings. The third-order valence-electron chi connectivity index (χ3n) is 3.98. The van der Waals surface area contributed by atoms with Gasteiger partial charge in [0.25, 0.3) is 0 Å². The van der Waals surface area contributed by atoms with E-state index < -0.39 is 0 Å². The van der Waals surface area contributed by atoms with Crippen molar-refractivity contribution < 1.29 is 0 Å². The molecule has 1 nitrogen and oxygen atoms in total. The van der Waals surface area contributed by atoms with E-state index in [1.165, 1.54) is 16.7 Å². The fourth-order valence-corrected chi connectivity index (χ4v) is 2.76. The van der Waals surface area contributed by atoms with E-state index in [0.717, 1.165) is 0 Å². The Labute approximate surface area is 132 Å². The van der Waals surface area contributed by atoms with E-state index in [0.29, 0.717) is 0 Å². The first-order valence-corrected chi connectivity index (χ1v) is 7.75. The van der Waals surface area contributed by atoms with E-state index in [2.05, 4.69) is 103 Å². The van der Waals surface area contributed by atoms with E-state index in [9.17, 15) is 0 Å². The monoisotopic (exact) mass is 287 g/mol. The molecule has 110 valence electrons. The lowest BCUT2D eigenvalue weighted by Gasteiger charge is -2.24. The van der Waals surface area contributed by atoms with Crippen LogP contribution in [0.4, 0.5) is 0 Å². The molecule has 1 atom stereocenters. The SMILES string of the molecule is C[C@@H](NC(c1ccccc1)c1ccccc1)c1ccccc1. The normalized spacial score (nSPS) is 12.3. The highest BCUT2D eigenvalue weighted by atomic mass is 14.9. The highest BCUT2D eigenvalue weighted by Gasteiger charge is 2.16. The van der Waals surface area contributed by atoms with E-state index in [1.54, 1.807) is 0 Å². The summed E-state index contributed by atoms with van der Waals surface area (Å²) in [7, 11) is 0. The first-order chi connectivity index (χ1) is 10.8. The molecule has 0 saturated heterocycles. The molecule has 0 heterocycles. The second-order valence-corrected chi connectivity index (χ2v) is 5.55. The molecule has 3 rings (SSSR count). The van der Waals surface area contributed by atoms with Crippen LogP contribution in [0, 0.1) is 0 Å². The minimum atomic E-state index is 0.192. The van der Waals surface area contributed by atoms with Crippen LogP contribution in [0.15, 0.2) is 91.0 Å². The third kappa shape index (κ3) is 3.44. The van der Waals surface area contributed by atoms with Crippen LogP contribution in [-0.2, 0) is 0 Å². The van der Waals surface area contributed by atoms with E-state index >= 15 is 0 Å². The molecule has 0 spiro atoms. The van der Waals surface area contributed by atoms with Crippen LogP contribution in [0.1, 0.15) is 35.7 Å². The topological polar surface area (TPSA) is 12.0 Å². The summed E-state index contributed by atoms with van der Waals surface area (Å²) in [5.74, 6) is 0. The largest absolute Gasteiger partial charge is 0.300 e. The number of benzene rings is 3. The van der Waals surface area contributed by atoms with Crippen LogP contribution in [0.25, 0.3) is 0 Å². The molecule has 3 aromatic carbocycles. The quantitative estimate of drug-likeness (QED) is 0.686. The zero-order valence-electron chi connectivity index (χ0n) is 12.8. The van der Waals surface area contributed by atoms with Gasteiger partial charge in [-0.2, -0.15) is 0 Å². The molecule has 1 heteroatoms. The second-order valence-electron chi connectivity index (χ2n) is 5.55. The van der Waals surface area contributed by atoms with Crippen molar-refractivity contribution in [2.24, 2.45) is 0 Å². The lowest BCUT2D eigenvalue weighted by molar-refractivity contribution is 0.516. The van der Waals surface area contributed by atoms with Crippen molar-refractivity contribution in [3.05, 3.63) is 108 Å². The van der Waals surface area contributed by atoms with Crippen LogP contribution in [0.2, 0.25) is 0 Å². The fraction of sp³-hybridized carbons (Fsp3) is 0.143. The summed E-state index contributed by atoms with van der Waals surface area (Å²) < 4.78 is 0. The zero-order chi connectivity index (χ0) is 15.2. The smallest absolute Gasteiger partial charge is 0.0581 e. The van der Waals surface area contributed by atoms with Gasteiger partial charge in [-0.25, -0.2) is 0 Å². The lowest BCUT2D eigenvalue weighted by atomic mass is 9.97. The molecule has 0 fully saturated rings. The number of hydrogen-bond donors (Lipinski definition) is 1. The minimum absolute atomic E-state index is 0.192. The molecule has 22 heavy (non-hydrogen) atoms. The Morgan fingerprint density at radius 2 is 0.909 bits per heavy atom. The van der Waals surface area contributed by atoms with Crippen molar-refractivity contribution in [1.82, 2.24) is 5.32 Å². The molecule has 0 saturated carbocycles. The predicted molar refractivity (Wildman–Crippen MR) is 92.7 cm³/mol. The van der Waals surface area contributed by atoms with Crippen LogP contribution >= 0.6 is 0 Å². The van der Waals surface area contributed by atoms with Crippen LogP contribution in [0.3, 0.4) is 0 Å². The Morgan fingerprint density at radius 3 is 1.32 bits per heavy atom. The number of nitrogens with one attached hydrogen (secondary N) is 1. The van der Waals surface area contributed by atoms with E-state index in [4.69, 9.17) is 0 Å². The summed E-state index contributed by atoms with van der Waals surface area (Å²) in [5, 5.41) is 3.77. The molecule has 0 radical (unpaired) electrons. The molecule has 0 unspecified atom stereocenters. The number of hydrogen-bond acceptors (Lipinski definition) is 1. The third-order valence-corrected chi connectivity index (χ3v) is 3.98. The van der Waals surface area contributed by atoms with Gasteiger partial charge >= 0.3 is 0 Å². The van der Waals surface area contributed by atoms with Gasteiger partial charge in [0.2, 0.25) is 0 Å². The number of rotatable bonds is 5. The maximum Gasteiger partial charge on any atom is 0.0581 e. The summed E-state index contributed by atoms with van der Waals surface area (Å²) >= 11 is 0. The Hall–Kier alpha value is -2.38. The highest BCUT2D eigenvalue weighted by molar-refractivity contribution is 5.32. The average Bonchev–Trinajstić information content (AvgIpc) is 2.62. The standard InChI is InChI=1S/C21H21N/c1-17(18-11-5-2-6-12-18)22-21(19-13-7-3-8-14-19)20-15-9-4-10-16-20/h2-17,21-22H,1H3/t17-/m1/s1. The first-order valence-electron chi connectivity index (χ1n) is 7.75. The van der Waals surface area contributed by atoms with Gasteiger partial charge in [-0.15, -0.1) is 0 Å². The molecule has 0 amide bonds. The van der Waals surface area contributed by atoms with Crippen LogP contribution in [-0.4, -0.2) is 0 Å². The van der Waals surface area contributed by atoms with Crippen molar-refractivity contribution in [2.45, 2.75) is 19.0 Å². The predicted octanol–water partition coefficient (Wildman–Crippen LogP) is 5.13. The summed E-state index contributed by atoms with van der Waals surface area (Å²) in [6.45, 7) is 2.22. The molecule has 1 N–H and O–H groups in total. The molecule has 0 bridgehead atoms. The molecule has 0 aromatic heterocycles. The maximum absolute atomic E-state index is 3.77. The summed E-state index contributed by atoms with van der Waals surface area (Å²) in [6.07, 6.45) is 0. The Bertz CT molecular complexity index is 637. The molecule has 0 aliphatic heterocycles. The second kappa shape index (κ2) is 7.06. The zero-order valence-corrected chi connectivity index (χ0v) is 12.8. The highest BCUT2D eigenvalue weighted by Crippen LogP contribution is 2.25. The lowest BCUT2D eigenvalue weighted by Crippen LogP contribution is -2.25. The minimum Gasteiger partial charge on any atom is -0.300 e. The Morgan fingerprint density at radius 1 is 0.545 bits per heavy atom. The van der Waals surface area contributed by atoms with Gasteiger partial charge in [-0.05, 0) is 23.6 Å². The Balaban J connectivity index is 1.90. The van der Waals surface area contributed by atoms with Crippen molar-refractivity contribution >= 4 is 0 Å². The van der Waals surface area contributed by atoms with Crippen LogP contribution < -0.4 is 5.32 Å². The van der Waals surface area contributed by atoms with Crippen molar-refractivity contribution in [3.8, 4) is 0 Å². The van der Waals surface area contributed by atoms with Gasteiger partial charge in [0.15, 0.2) is 0 Å². The van der Waals surface area contributed by atoms with Gasteiger partial charge in [0.1, 0.15) is 0 Å². The Kier molecular flexibility index (Phi) is 4.67. The summed E-state index contributed by atoms with van der Waals surface area (Å²) in [6, 6.07) is 32.3. The van der Waals surface area contributed by atoms with E-state index in [1.807, 2.05) is 0 Å². The van der Waals surface area contributed by atoms with E-state index in [-0.39, 0.29) is 12.1 Å². The van der Waals surface area contributed by atoms with Crippen molar-refractivity contribution in [2.75, 3.05) is 0 Å². The van der Waals surface area contributed by atoms with Gasteiger partial charge in [0, 0.05) is 6.04 Å².